The SMILES string of the molecule is CCc1ccc(CN(C)C(=O)CSc2nnc(-c3cccnc3)n2-c2ccccc2C)cc1. The number of aromatic nitrogens is 4. The van der Waals surface area contributed by atoms with Gasteiger partial charge in [-0.25, -0.2) is 0 Å². The van der Waals surface area contributed by atoms with Crippen LogP contribution in [0.15, 0.2) is 78.2 Å². The molecule has 6 nitrogen and oxygen atoms in total. The maximum Gasteiger partial charge on any atom is 0.233 e. The predicted molar refractivity (Wildman–Crippen MR) is 132 cm³/mol. The summed E-state index contributed by atoms with van der Waals surface area (Å²) in [7, 11) is 1.84. The zero-order valence-electron chi connectivity index (χ0n) is 19.1. The van der Waals surface area contributed by atoms with Crippen molar-refractivity contribution in [1.29, 1.82) is 0 Å². The molecule has 0 radical (unpaired) electrons. The minimum Gasteiger partial charge on any atom is -0.341 e. The maximum absolute atomic E-state index is 12.9. The average Bonchev–Trinajstić information content (AvgIpc) is 3.27. The van der Waals surface area contributed by atoms with Crippen LogP contribution in [0, 0.1) is 6.92 Å². The number of rotatable bonds is 8. The van der Waals surface area contributed by atoms with E-state index >= 15 is 0 Å². The Morgan fingerprint density at radius 3 is 2.45 bits per heavy atom. The van der Waals surface area contributed by atoms with Crippen molar-refractivity contribution in [2.24, 2.45) is 0 Å². The molecule has 0 aliphatic heterocycles. The molecule has 0 fully saturated rings. The van der Waals surface area contributed by atoms with Crippen LogP contribution in [0.5, 0.6) is 0 Å². The molecule has 2 aromatic heterocycles. The molecule has 4 aromatic rings. The van der Waals surface area contributed by atoms with Crippen LogP contribution < -0.4 is 0 Å². The quantitative estimate of drug-likeness (QED) is 0.350. The van der Waals surface area contributed by atoms with Crippen LogP contribution in [0.1, 0.15) is 23.6 Å². The first kappa shape index (κ1) is 22.7. The molecule has 7 heteroatoms. The molecule has 0 saturated carbocycles. The van der Waals surface area contributed by atoms with Gasteiger partial charge in [0.1, 0.15) is 0 Å². The fourth-order valence-corrected chi connectivity index (χ4v) is 4.44. The van der Waals surface area contributed by atoms with Crippen LogP contribution in [-0.2, 0) is 17.8 Å². The van der Waals surface area contributed by atoms with Gasteiger partial charge in [0.2, 0.25) is 5.91 Å². The van der Waals surface area contributed by atoms with Gasteiger partial charge in [-0.2, -0.15) is 0 Å². The van der Waals surface area contributed by atoms with Gasteiger partial charge in [-0.3, -0.25) is 14.3 Å². The number of carbonyl (C=O) groups is 1. The van der Waals surface area contributed by atoms with Gasteiger partial charge in [-0.15, -0.1) is 10.2 Å². The lowest BCUT2D eigenvalue weighted by molar-refractivity contribution is -0.127. The van der Waals surface area contributed by atoms with E-state index in [1.165, 1.54) is 17.3 Å². The van der Waals surface area contributed by atoms with Crippen molar-refractivity contribution in [2.75, 3.05) is 12.8 Å². The van der Waals surface area contributed by atoms with E-state index in [0.717, 1.165) is 28.8 Å². The molecule has 0 spiro atoms. The number of para-hydroxylation sites is 1. The first-order valence-electron chi connectivity index (χ1n) is 10.9. The van der Waals surface area contributed by atoms with Crippen molar-refractivity contribution in [1.82, 2.24) is 24.6 Å². The largest absolute Gasteiger partial charge is 0.341 e. The fourth-order valence-electron chi connectivity index (χ4n) is 3.56. The summed E-state index contributed by atoms with van der Waals surface area (Å²) in [5.74, 6) is 1.03. The van der Waals surface area contributed by atoms with Crippen molar-refractivity contribution >= 4 is 17.7 Å². The summed E-state index contributed by atoms with van der Waals surface area (Å²) in [6, 6.07) is 20.3. The number of benzene rings is 2. The highest BCUT2D eigenvalue weighted by Gasteiger charge is 2.19. The lowest BCUT2D eigenvalue weighted by Crippen LogP contribution is -2.27. The Morgan fingerprint density at radius 1 is 1.00 bits per heavy atom. The van der Waals surface area contributed by atoms with Crippen molar-refractivity contribution in [3.63, 3.8) is 0 Å². The number of amides is 1. The minimum atomic E-state index is 0.0434. The highest BCUT2D eigenvalue weighted by molar-refractivity contribution is 7.99. The number of hydrogen-bond donors (Lipinski definition) is 0. The molecular formula is C26H27N5OS. The van der Waals surface area contributed by atoms with Crippen molar-refractivity contribution in [3.05, 3.63) is 89.7 Å². The third-order valence-corrected chi connectivity index (χ3v) is 6.42. The molecular weight excluding hydrogens is 430 g/mol. The third-order valence-electron chi connectivity index (χ3n) is 5.51. The summed E-state index contributed by atoms with van der Waals surface area (Å²) >= 11 is 1.40. The van der Waals surface area contributed by atoms with E-state index in [2.05, 4.69) is 59.4 Å². The first-order chi connectivity index (χ1) is 16.1. The Balaban J connectivity index is 1.53. The lowest BCUT2D eigenvalue weighted by Gasteiger charge is -2.18. The summed E-state index contributed by atoms with van der Waals surface area (Å²) in [4.78, 5) is 18.9. The molecule has 2 heterocycles. The van der Waals surface area contributed by atoms with Crippen LogP contribution in [0.4, 0.5) is 0 Å². The number of aryl methyl sites for hydroxylation is 2. The fraction of sp³-hybridized carbons (Fsp3) is 0.231. The smallest absolute Gasteiger partial charge is 0.233 e. The van der Waals surface area contributed by atoms with Crippen molar-refractivity contribution in [3.8, 4) is 17.1 Å². The minimum absolute atomic E-state index is 0.0434. The molecule has 0 aliphatic rings. The molecule has 168 valence electrons. The van der Waals surface area contributed by atoms with E-state index in [9.17, 15) is 4.79 Å². The molecule has 0 saturated heterocycles. The molecule has 33 heavy (non-hydrogen) atoms. The van der Waals surface area contributed by atoms with Gasteiger partial charge in [-0.1, -0.05) is 61.2 Å². The van der Waals surface area contributed by atoms with Crippen LogP contribution >= 0.6 is 11.8 Å². The third kappa shape index (κ3) is 5.31. The molecule has 1 amide bonds. The van der Waals surface area contributed by atoms with Gasteiger partial charge < -0.3 is 4.90 Å². The molecule has 0 aliphatic carbocycles. The summed E-state index contributed by atoms with van der Waals surface area (Å²) in [5.41, 5.74) is 5.38. The normalized spacial score (nSPS) is 10.9. The topological polar surface area (TPSA) is 63.9 Å². The number of hydrogen-bond acceptors (Lipinski definition) is 5. The van der Waals surface area contributed by atoms with Gasteiger partial charge in [0.25, 0.3) is 0 Å². The van der Waals surface area contributed by atoms with Gasteiger partial charge in [0, 0.05) is 31.5 Å². The van der Waals surface area contributed by atoms with Gasteiger partial charge in [-0.05, 0) is 48.2 Å². The Morgan fingerprint density at radius 2 is 1.76 bits per heavy atom. The summed E-state index contributed by atoms with van der Waals surface area (Å²) in [6.45, 7) is 4.77. The second-order valence-electron chi connectivity index (χ2n) is 7.88. The maximum atomic E-state index is 12.9. The van der Waals surface area contributed by atoms with E-state index in [1.54, 1.807) is 17.3 Å². The first-order valence-corrected chi connectivity index (χ1v) is 11.9. The monoisotopic (exact) mass is 457 g/mol. The zero-order chi connectivity index (χ0) is 23.2. The standard InChI is InChI=1S/C26H27N5OS/c1-4-20-11-13-21(14-12-20)17-30(3)24(32)18-33-26-29-28-25(22-9-7-15-27-16-22)31(26)23-10-6-5-8-19(23)2/h5-16H,4,17-18H2,1-3H3. The van der Waals surface area contributed by atoms with E-state index in [-0.39, 0.29) is 11.7 Å². The molecule has 0 N–H and O–H groups in total. The van der Waals surface area contributed by atoms with Crippen LogP contribution in [0.3, 0.4) is 0 Å². The Hall–Kier alpha value is -3.45. The number of nitrogens with zero attached hydrogens (tertiary/aromatic N) is 5. The van der Waals surface area contributed by atoms with Crippen LogP contribution in [0.25, 0.3) is 17.1 Å². The Kier molecular flexibility index (Phi) is 7.19. The van der Waals surface area contributed by atoms with Crippen molar-refractivity contribution in [2.45, 2.75) is 32.0 Å². The lowest BCUT2D eigenvalue weighted by atomic mass is 10.1. The highest BCUT2D eigenvalue weighted by Crippen LogP contribution is 2.29. The Labute approximate surface area is 198 Å². The summed E-state index contributed by atoms with van der Waals surface area (Å²) in [6.07, 6.45) is 4.52. The van der Waals surface area contributed by atoms with Gasteiger partial charge in [0.15, 0.2) is 11.0 Å². The van der Waals surface area contributed by atoms with E-state index in [4.69, 9.17) is 0 Å². The van der Waals surface area contributed by atoms with Crippen LogP contribution in [-0.4, -0.2) is 43.4 Å². The number of carbonyl (C=O) groups excluding carboxylic acids is 1. The summed E-state index contributed by atoms with van der Waals surface area (Å²) in [5, 5.41) is 9.54. The van der Waals surface area contributed by atoms with Crippen LogP contribution in [0.2, 0.25) is 0 Å². The van der Waals surface area contributed by atoms with Crippen molar-refractivity contribution < 1.29 is 4.79 Å². The van der Waals surface area contributed by atoms with Gasteiger partial charge >= 0.3 is 0 Å². The van der Waals surface area contributed by atoms with E-state index in [0.29, 0.717) is 17.5 Å². The molecule has 0 unspecified atom stereocenters. The number of thioether (sulfide) groups is 1. The zero-order valence-corrected chi connectivity index (χ0v) is 19.9. The second kappa shape index (κ2) is 10.4. The van der Waals surface area contributed by atoms with E-state index in [1.807, 2.05) is 41.9 Å². The van der Waals surface area contributed by atoms with E-state index < -0.39 is 0 Å². The molecule has 2 aromatic carbocycles. The predicted octanol–water partition coefficient (Wildman–Crippen LogP) is 4.95. The van der Waals surface area contributed by atoms with Gasteiger partial charge in [0.05, 0.1) is 11.4 Å². The average molecular weight is 458 g/mol. The molecule has 0 atom stereocenters. The second-order valence-corrected chi connectivity index (χ2v) is 8.82. The summed E-state index contributed by atoms with van der Waals surface area (Å²) < 4.78 is 2.01. The number of pyridine rings is 1. The Bertz CT molecular complexity index is 1220. The molecule has 0 bridgehead atoms. The highest BCUT2D eigenvalue weighted by atomic mass is 32.2. The molecule has 4 rings (SSSR count).